The molecule has 0 radical (unpaired) electrons. The summed E-state index contributed by atoms with van der Waals surface area (Å²) in [6.45, 7) is 0. The minimum atomic E-state index is -3.52. The Labute approximate surface area is 96.9 Å². The summed E-state index contributed by atoms with van der Waals surface area (Å²) >= 11 is 0. The third-order valence-electron chi connectivity index (χ3n) is 2.36. The summed E-state index contributed by atoms with van der Waals surface area (Å²) in [5.41, 5.74) is -0.351. The van der Waals surface area contributed by atoms with Crippen LogP contribution in [0.2, 0.25) is 0 Å². The molecule has 1 aromatic carbocycles. The van der Waals surface area contributed by atoms with Crippen molar-refractivity contribution in [3.05, 3.63) is 66.0 Å². The Morgan fingerprint density at radius 2 is 1.59 bits per heavy atom. The lowest BCUT2D eigenvalue weighted by Crippen LogP contribution is -2.26. The van der Waals surface area contributed by atoms with E-state index in [1.165, 1.54) is 24.5 Å². The van der Waals surface area contributed by atoms with E-state index in [0.29, 0.717) is 0 Å². The zero-order valence-electron chi connectivity index (χ0n) is 8.81. The number of carbonyl (C=O) groups excluding carboxylic acids is 1. The highest BCUT2D eigenvalue weighted by Gasteiger charge is 2.41. The quantitative estimate of drug-likeness (QED) is 0.762. The van der Waals surface area contributed by atoms with Crippen molar-refractivity contribution in [2.75, 3.05) is 0 Å². The van der Waals surface area contributed by atoms with Crippen LogP contribution < -0.4 is 0 Å². The Morgan fingerprint density at radius 3 is 2.18 bits per heavy atom. The van der Waals surface area contributed by atoms with Crippen LogP contribution in [0, 0.1) is 0 Å². The van der Waals surface area contributed by atoms with Crippen molar-refractivity contribution < 1.29 is 13.6 Å². The molecule has 0 spiro atoms. The van der Waals surface area contributed by atoms with E-state index >= 15 is 0 Å². The molecule has 2 rings (SSSR count). The van der Waals surface area contributed by atoms with Gasteiger partial charge in [0, 0.05) is 23.5 Å². The second-order valence-electron chi connectivity index (χ2n) is 3.51. The van der Waals surface area contributed by atoms with Crippen LogP contribution in [0.15, 0.2) is 54.9 Å². The van der Waals surface area contributed by atoms with E-state index in [-0.39, 0.29) is 11.1 Å². The van der Waals surface area contributed by atoms with Gasteiger partial charge in [0.05, 0.1) is 0 Å². The van der Waals surface area contributed by atoms with E-state index in [0.717, 1.165) is 12.1 Å². The molecule has 1 aromatic heterocycles. The second-order valence-corrected chi connectivity index (χ2v) is 3.51. The molecule has 0 fully saturated rings. The summed E-state index contributed by atoms with van der Waals surface area (Å²) in [5.74, 6) is -4.73. The first-order chi connectivity index (χ1) is 8.12. The molecule has 0 unspecified atom stereocenters. The summed E-state index contributed by atoms with van der Waals surface area (Å²) in [7, 11) is 0. The smallest absolute Gasteiger partial charge is 0.287 e. The Bertz CT molecular complexity index is 511. The molecule has 86 valence electrons. The number of alkyl halides is 2. The van der Waals surface area contributed by atoms with Gasteiger partial charge in [-0.05, 0) is 12.1 Å². The van der Waals surface area contributed by atoms with Crippen LogP contribution in [0.4, 0.5) is 8.78 Å². The Kier molecular flexibility index (Phi) is 2.95. The first-order valence-corrected chi connectivity index (χ1v) is 5.00. The second kappa shape index (κ2) is 4.41. The van der Waals surface area contributed by atoms with Crippen molar-refractivity contribution in [1.29, 1.82) is 0 Å². The average molecular weight is 233 g/mol. The van der Waals surface area contributed by atoms with Crippen LogP contribution in [0.5, 0.6) is 0 Å². The lowest BCUT2D eigenvalue weighted by molar-refractivity contribution is 0.00738. The minimum Gasteiger partial charge on any atom is -0.287 e. The summed E-state index contributed by atoms with van der Waals surface area (Å²) in [6.07, 6.45) is 2.48. The maximum Gasteiger partial charge on any atom is 0.335 e. The average Bonchev–Trinajstić information content (AvgIpc) is 2.40. The zero-order valence-corrected chi connectivity index (χ0v) is 8.81. The fraction of sp³-hybridized carbons (Fsp3) is 0.0769. The van der Waals surface area contributed by atoms with Crippen molar-refractivity contribution in [3.8, 4) is 0 Å². The number of aromatic nitrogens is 1. The molecule has 0 bridgehead atoms. The topological polar surface area (TPSA) is 30.0 Å². The number of pyridine rings is 1. The Balaban J connectivity index is 2.37. The standard InChI is InChI=1S/C13H9F2NO/c14-13(15,11-6-8-16-9-7-11)12(17)10-4-2-1-3-5-10/h1-9H. The number of halogens is 2. The number of Topliss-reactive ketones (excluding diaryl/α,β-unsaturated/α-hetero) is 1. The normalized spacial score (nSPS) is 11.2. The molecule has 0 saturated heterocycles. The molecule has 2 aromatic rings. The predicted molar refractivity (Wildman–Crippen MR) is 58.9 cm³/mol. The van der Waals surface area contributed by atoms with Gasteiger partial charge in [-0.25, -0.2) is 0 Å². The highest BCUT2D eigenvalue weighted by atomic mass is 19.3. The number of hydrogen-bond acceptors (Lipinski definition) is 2. The van der Waals surface area contributed by atoms with Gasteiger partial charge in [-0.1, -0.05) is 30.3 Å². The summed E-state index contributed by atoms with van der Waals surface area (Å²) in [4.78, 5) is 15.3. The van der Waals surface area contributed by atoms with Crippen molar-refractivity contribution in [1.82, 2.24) is 4.98 Å². The van der Waals surface area contributed by atoms with Crippen molar-refractivity contribution >= 4 is 5.78 Å². The number of hydrogen-bond donors (Lipinski definition) is 0. The van der Waals surface area contributed by atoms with Gasteiger partial charge >= 0.3 is 5.92 Å². The molecule has 0 aliphatic rings. The molecule has 0 saturated carbocycles. The fourth-order valence-electron chi connectivity index (χ4n) is 1.46. The maximum absolute atomic E-state index is 13.9. The van der Waals surface area contributed by atoms with Gasteiger partial charge in [-0.2, -0.15) is 8.78 Å². The highest BCUT2D eigenvalue weighted by Crippen LogP contribution is 2.31. The molecular weight excluding hydrogens is 224 g/mol. The van der Waals surface area contributed by atoms with Gasteiger partial charge in [-0.3, -0.25) is 9.78 Å². The van der Waals surface area contributed by atoms with Crippen LogP contribution in [0.25, 0.3) is 0 Å². The monoisotopic (exact) mass is 233 g/mol. The van der Waals surface area contributed by atoms with Crippen molar-refractivity contribution in [2.24, 2.45) is 0 Å². The summed E-state index contributed by atoms with van der Waals surface area (Å²) < 4.78 is 27.7. The van der Waals surface area contributed by atoms with Crippen LogP contribution in [0.3, 0.4) is 0 Å². The number of carbonyl (C=O) groups is 1. The van der Waals surface area contributed by atoms with Crippen molar-refractivity contribution in [2.45, 2.75) is 5.92 Å². The summed E-state index contributed by atoms with van der Waals surface area (Å²) in [5, 5.41) is 0. The highest BCUT2D eigenvalue weighted by molar-refractivity contribution is 6.01. The third kappa shape index (κ3) is 2.20. The van der Waals surface area contributed by atoms with E-state index in [1.807, 2.05) is 0 Å². The zero-order chi connectivity index (χ0) is 12.3. The first-order valence-electron chi connectivity index (χ1n) is 5.00. The lowest BCUT2D eigenvalue weighted by Gasteiger charge is -2.14. The molecule has 0 N–H and O–H groups in total. The van der Waals surface area contributed by atoms with Crippen LogP contribution in [-0.2, 0) is 5.92 Å². The Morgan fingerprint density at radius 1 is 1.00 bits per heavy atom. The first kappa shape index (κ1) is 11.4. The number of benzene rings is 1. The molecule has 4 heteroatoms. The largest absolute Gasteiger partial charge is 0.335 e. The molecule has 0 atom stereocenters. The van der Waals surface area contributed by atoms with Crippen LogP contribution in [-0.4, -0.2) is 10.8 Å². The predicted octanol–water partition coefficient (Wildman–Crippen LogP) is 3.06. The van der Waals surface area contributed by atoms with E-state index < -0.39 is 11.7 Å². The van der Waals surface area contributed by atoms with Crippen LogP contribution in [0.1, 0.15) is 15.9 Å². The summed E-state index contributed by atoms with van der Waals surface area (Å²) in [6, 6.07) is 9.80. The molecule has 2 nitrogen and oxygen atoms in total. The Hall–Kier alpha value is -2.10. The molecular formula is C13H9F2NO. The SMILES string of the molecule is O=C(c1ccccc1)C(F)(F)c1ccncc1. The third-order valence-corrected chi connectivity index (χ3v) is 2.36. The molecule has 17 heavy (non-hydrogen) atoms. The minimum absolute atomic E-state index is 0.00527. The molecule has 1 heterocycles. The molecule has 0 amide bonds. The van der Waals surface area contributed by atoms with Crippen LogP contribution >= 0.6 is 0 Å². The number of ketones is 1. The number of nitrogens with zero attached hydrogens (tertiary/aromatic N) is 1. The maximum atomic E-state index is 13.9. The molecule has 0 aliphatic heterocycles. The van der Waals surface area contributed by atoms with Gasteiger partial charge in [0.25, 0.3) is 0 Å². The van der Waals surface area contributed by atoms with Gasteiger partial charge in [0.15, 0.2) is 0 Å². The van der Waals surface area contributed by atoms with E-state index in [2.05, 4.69) is 4.98 Å². The van der Waals surface area contributed by atoms with Crippen molar-refractivity contribution in [3.63, 3.8) is 0 Å². The molecule has 0 aliphatic carbocycles. The van der Waals surface area contributed by atoms with E-state index in [9.17, 15) is 13.6 Å². The van der Waals surface area contributed by atoms with Gasteiger partial charge in [0.2, 0.25) is 5.78 Å². The van der Waals surface area contributed by atoms with Gasteiger partial charge < -0.3 is 0 Å². The number of rotatable bonds is 3. The lowest BCUT2D eigenvalue weighted by atomic mass is 10.00. The van der Waals surface area contributed by atoms with E-state index in [1.54, 1.807) is 18.2 Å². The van der Waals surface area contributed by atoms with E-state index in [4.69, 9.17) is 0 Å². The van der Waals surface area contributed by atoms with Gasteiger partial charge in [0.1, 0.15) is 0 Å². The van der Waals surface area contributed by atoms with Gasteiger partial charge in [-0.15, -0.1) is 0 Å². The fourth-order valence-corrected chi connectivity index (χ4v) is 1.46.